The van der Waals surface area contributed by atoms with Crippen molar-refractivity contribution in [3.63, 3.8) is 0 Å². The lowest BCUT2D eigenvalue weighted by atomic mass is 10.1. The molecule has 0 radical (unpaired) electrons. The Kier molecular flexibility index (Phi) is 6.76. The molecule has 3 heterocycles. The molecule has 2 aromatic carbocycles. The number of fused-ring (bicyclic) bond motifs is 1. The van der Waals surface area contributed by atoms with Crippen LogP contribution in [0.2, 0.25) is 0 Å². The number of nitrogens with zero attached hydrogens (tertiary/aromatic N) is 4. The van der Waals surface area contributed by atoms with Crippen LogP contribution in [0.15, 0.2) is 48.4 Å². The number of nitrogens with one attached hydrogen (secondary N) is 1. The quantitative estimate of drug-likeness (QED) is 0.417. The SMILES string of the molecule is COc1cc(OC2=CCN(C)C2)c(F)cc1Nc1ncc(C(F)(F)F)c(Oc2cccc3c2C(=O)N(C)C3)n1. The number of rotatable bonds is 7. The van der Waals surface area contributed by atoms with Crippen molar-refractivity contribution in [1.29, 1.82) is 0 Å². The first kappa shape index (κ1) is 26.2. The standard InChI is InChI=1S/C26H23F4N5O4/c1-34-8-7-15(13-34)38-20-10-21(37-3)18(9-17(20)27)32-25-31-11-16(26(28,29)30)23(33-25)39-19-6-4-5-14-12-35(2)24(36)22(14)19/h4-7,9-11H,8,12-13H2,1-3H3,(H,31,32,33). The van der Waals surface area contributed by atoms with E-state index in [9.17, 15) is 22.4 Å². The van der Waals surface area contributed by atoms with Crippen molar-refractivity contribution < 1.29 is 36.6 Å². The highest BCUT2D eigenvalue weighted by Crippen LogP contribution is 2.40. The van der Waals surface area contributed by atoms with Gasteiger partial charge < -0.3 is 24.4 Å². The van der Waals surface area contributed by atoms with Crippen molar-refractivity contribution in [3.05, 3.63) is 70.9 Å². The number of ether oxygens (including phenoxy) is 3. The Hall–Kier alpha value is -4.39. The molecule has 9 nitrogen and oxygen atoms in total. The molecule has 0 atom stereocenters. The summed E-state index contributed by atoms with van der Waals surface area (Å²) in [7, 11) is 4.81. The molecule has 2 aliphatic heterocycles. The van der Waals surface area contributed by atoms with Crippen LogP contribution in [0, 0.1) is 5.82 Å². The number of hydrogen-bond acceptors (Lipinski definition) is 8. The van der Waals surface area contributed by atoms with E-state index in [1.807, 2.05) is 18.0 Å². The number of aromatic nitrogens is 2. The maximum absolute atomic E-state index is 14.9. The van der Waals surface area contributed by atoms with Gasteiger partial charge in [-0.15, -0.1) is 0 Å². The first-order valence-corrected chi connectivity index (χ1v) is 11.7. The highest BCUT2D eigenvalue weighted by atomic mass is 19.4. The molecule has 13 heteroatoms. The van der Waals surface area contributed by atoms with Crippen LogP contribution in [-0.4, -0.2) is 60.0 Å². The molecule has 0 fully saturated rings. The van der Waals surface area contributed by atoms with Crippen molar-refractivity contribution in [1.82, 2.24) is 19.8 Å². The summed E-state index contributed by atoms with van der Waals surface area (Å²) in [5.74, 6) is -1.71. The fourth-order valence-corrected chi connectivity index (χ4v) is 4.23. The number of carbonyl (C=O) groups is 1. The van der Waals surface area contributed by atoms with Crippen molar-refractivity contribution in [2.45, 2.75) is 12.7 Å². The molecule has 2 aliphatic rings. The second-order valence-corrected chi connectivity index (χ2v) is 9.04. The van der Waals surface area contributed by atoms with Crippen LogP contribution in [0.5, 0.6) is 23.1 Å². The van der Waals surface area contributed by atoms with Gasteiger partial charge in [-0.05, 0) is 24.8 Å². The summed E-state index contributed by atoms with van der Waals surface area (Å²) in [5, 5.41) is 2.68. The third-order valence-corrected chi connectivity index (χ3v) is 6.14. The smallest absolute Gasteiger partial charge is 0.423 e. The zero-order valence-electron chi connectivity index (χ0n) is 21.1. The van der Waals surface area contributed by atoms with Gasteiger partial charge in [-0.2, -0.15) is 18.2 Å². The Labute approximate surface area is 220 Å². The molecule has 204 valence electrons. The molecule has 0 saturated heterocycles. The van der Waals surface area contributed by atoms with E-state index in [4.69, 9.17) is 14.2 Å². The predicted molar refractivity (Wildman–Crippen MR) is 132 cm³/mol. The number of methoxy groups -OCH3 is 1. The zero-order valence-corrected chi connectivity index (χ0v) is 21.1. The second-order valence-electron chi connectivity index (χ2n) is 9.04. The first-order valence-electron chi connectivity index (χ1n) is 11.7. The molecular formula is C26H23F4N5O4. The summed E-state index contributed by atoms with van der Waals surface area (Å²) in [6.07, 6.45) is -2.48. The zero-order chi connectivity index (χ0) is 27.9. The third kappa shape index (κ3) is 5.30. The highest BCUT2D eigenvalue weighted by Gasteiger charge is 2.37. The molecule has 0 aliphatic carbocycles. The van der Waals surface area contributed by atoms with Crippen molar-refractivity contribution in [2.24, 2.45) is 0 Å². The highest BCUT2D eigenvalue weighted by molar-refractivity contribution is 6.00. The van der Waals surface area contributed by atoms with Crippen molar-refractivity contribution in [3.8, 4) is 23.1 Å². The van der Waals surface area contributed by atoms with Gasteiger partial charge in [-0.3, -0.25) is 9.69 Å². The number of carbonyl (C=O) groups excluding carboxylic acids is 1. The van der Waals surface area contributed by atoms with Crippen LogP contribution >= 0.6 is 0 Å². The number of benzene rings is 2. The van der Waals surface area contributed by atoms with Crippen molar-refractivity contribution in [2.75, 3.05) is 39.6 Å². The summed E-state index contributed by atoms with van der Waals surface area (Å²) in [6.45, 7) is 1.48. The summed E-state index contributed by atoms with van der Waals surface area (Å²) in [5.41, 5.74) is -0.434. The van der Waals surface area contributed by atoms with Gasteiger partial charge in [-0.25, -0.2) is 9.37 Å². The maximum Gasteiger partial charge on any atom is 0.423 e. The lowest BCUT2D eigenvalue weighted by Crippen LogP contribution is -2.18. The molecular weight excluding hydrogens is 522 g/mol. The van der Waals surface area contributed by atoms with Gasteiger partial charge in [0.25, 0.3) is 5.91 Å². The average molecular weight is 545 g/mol. The van der Waals surface area contributed by atoms with Gasteiger partial charge in [0.2, 0.25) is 11.8 Å². The Morgan fingerprint density at radius 3 is 2.54 bits per heavy atom. The number of anilines is 2. The van der Waals surface area contributed by atoms with E-state index in [2.05, 4.69) is 15.3 Å². The Morgan fingerprint density at radius 1 is 1.05 bits per heavy atom. The van der Waals surface area contributed by atoms with E-state index in [1.54, 1.807) is 19.2 Å². The van der Waals surface area contributed by atoms with E-state index >= 15 is 0 Å². The number of amides is 1. The molecule has 0 spiro atoms. The predicted octanol–water partition coefficient (Wildman–Crippen LogP) is 4.97. The van der Waals surface area contributed by atoms with Gasteiger partial charge in [-0.1, -0.05) is 12.1 Å². The molecule has 39 heavy (non-hydrogen) atoms. The Balaban J connectivity index is 1.46. The minimum atomic E-state index is -4.85. The molecule has 0 bridgehead atoms. The topological polar surface area (TPSA) is 89.1 Å². The maximum atomic E-state index is 14.9. The lowest BCUT2D eigenvalue weighted by molar-refractivity contribution is -0.139. The van der Waals surface area contributed by atoms with E-state index in [0.29, 0.717) is 37.2 Å². The van der Waals surface area contributed by atoms with Crippen molar-refractivity contribution >= 4 is 17.5 Å². The second kappa shape index (κ2) is 10.1. The molecule has 0 unspecified atom stereocenters. The number of hydrogen-bond donors (Lipinski definition) is 1. The normalized spacial score (nSPS) is 15.3. The Morgan fingerprint density at radius 2 is 1.85 bits per heavy atom. The molecule has 5 rings (SSSR count). The van der Waals surface area contributed by atoms with Crippen LogP contribution in [0.4, 0.5) is 29.2 Å². The van der Waals surface area contributed by atoms with E-state index in [-0.39, 0.29) is 40.4 Å². The monoisotopic (exact) mass is 545 g/mol. The van der Waals surface area contributed by atoms with Gasteiger partial charge in [0, 0.05) is 38.5 Å². The molecule has 1 N–H and O–H groups in total. The fraction of sp³-hybridized carbons (Fsp3) is 0.269. The van der Waals surface area contributed by atoms with Gasteiger partial charge in [0.1, 0.15) is 22.8 Å². The summed E-state index contributed by atoms with van der Waals surface area (Å²) in [4.78, 5) is 23.6. The first-order chi connectivity index (χ1) is 18.5. The third-order valence-electron chi connectivity index (χ3n) is 6.14. The molecule has 3 aromatic rings. The summed E-state index contributed by atoms with van der Waals surface area (Å²) < 4.78 is 72.8. The number of halogens is 4. The average Bonchev–Trinajstić information content (AvgIpc) is 3.42. The summed E-state index contributed by atoms with van der Waals surface area (Å²) in [6, 6.07) is 7.03. The lowest BCUT2D eigenvalue weighted by Gasteiger charge is -2.17. The number of alkyl halides is 3. The Bertz CT molecular complexity index is 1480. The molecule has 1 amide bonds. The van der Waals surface area contributed by atoms with E-state index in [1.165, 1.54) is 24.1 Å². The molecule has 1 aromatic heterocycles. The van der Waals surface area contributed by atoms with Crippen LogP contribution in [-0.2, 0) is 12.7 Å². The van der Waals surface area contributed by atoms with Gasteiger partial charge >= 0.3 is 6.18 Å². The fourth-order valence-electron chi connectivity index (χ4n) is 4.23. The van der Waals surface area contributed by atoms with Gasteiger partial charge in [0.15, 0.2) is 11.6 Å². The summed E-state index contributed by atoms with van der Waals surface area (Å²) >= 11 is 0. The van der Waals surface area contributed by atoms with E-state index in [0.717, 1.165) is 6.07 Å². The minimum Gasteiger partial charge on any atom is -0.494 e. The minimum absolute atomic E-state index is 0.0444. The number of likely N-dealkylation sites (N-methyl/N-ethyl adjacent to an activating group) is 1. The van der Waals surface area contributed by atoms with Crippen LogP contribution in [0.1, 0.15) is 21.5 Å². The van der Waals surface area contributed by atoms with Crippen LogP contribution < -0.4 is 19.5 Å². The molecule has 0 saturated carbocycles. The largest absolute Gasteiger partial charge is 0.494 e. The van der Waals surface area contributed by atoms with Crippen LogP contribution in [0.25, 0.3) is 0 Å². The van der Waals surface area contributed by atoms with Gasteiger partial charge in [0.05, 0.1) is 24.9 Å². The van der Waals surface area contributed by atoms with E-state index < -0.39 is 23.4 Å². The van der Waals surface area contributed by atoms with Crippen LogP contribution in [0.3, 0.4) is 0 Å².